The molecule has 5 rings (SSSR count). The molecule has 2 aliphatic rings. The standard InChI is InChI=1S/C29H29BrN2O3S/c1-31-25(28(33)32(29(31)36)22-12-4-3-5-13-22)16-19-15-24(30)27(26(17-19)34-2)35-18-21-11-8-10-20-9-6-7-14-23(20)21/h6-11,14-17,22H,3-5,12-13,18H2,1-2H3/b25-16-. The van der Waals surface area contributed by atoms with Crippen molar-refractivity contribution in [3.8, 4) is 11.5 Å². The number of hydrogen-bond donors (Lipinski definition) is 0. The molecule has 7 heteroatoms. The number of halogens is 1. The van der Waals surface area contributed by atoms with E-state index in [0.717, 1.165) is 46.7 Å². The van der Waals surface area contributed by atoms with Crippen LogP contribution in [0.1, 0.15) is 43.2 Å². The van der Waals surface area contributed by atoms with Crippen LogP contribution in [0.3, 0.4) is 0 Å². The predicted molar refractivity (Wildman–Crippen MR) is 151 cm³/mol. The number of carbonyl (C=O) groups is 1. The zero-order valence-electron chi connectivity index (χ0n) is 20.5. The third-order valence-corrected chi connectivity index (χ3v) is 8.10. The summed E-state index contributed by atoms with van der Waals surface area (Å²) in [5.74, 6) is 1.19. The molecule has 0 unspecified atom stereocenters. The number of amides is 1. The number of benzene rings is 3. The van der Waals surface area contributed by atoms with E-state index in [1.54, 1.807) is 7.11 Å². The monoisotopic (exact) mass is 564 g/mol. The molecular formula is C29H29BrN2O3S. The molecule has 1 aliphatic carbocycles. The Labute approximate surface area is 225 Å². The maximum absolute atomic E-state index is 13.4. The Bertz CT molecular complexity index is 1340. The van der Waals surface area contributed by atoms with Gasteiger partial charge in [0.2, 0.25) is 0 Å². The number of carbonyl (C=O) groups excluding carboxylic acids is 1. The van der Waals surface area contributed by atoms with Gasteiger partial charge in [-0.1, -0.05) is 61.7 Å². The fourth-order valence-electron chi connectivity index (χ4n) is 5.13. The van der Waals surface area contributed by atoms with Gasteiger partial charge in [0.05, 0.1) is 11.6 Å². The Morgan fingerprint density at radius 1 is 1.08 bits per heavy atom. The summed E-state index contributed by atoms with van der Waals surface area (Å²) in [5, 5.41) is 2.93. The zero-order chi connectivity index (χ0) is 25.2. The van der Waals surface area contributed by atoms with E-state index in [2.05, 4.69) is 40.2 Å². The van der Waals surface area contributed by atoms with Crippen molar-refractivity contribution in [2.45, 2.75) is 44.8 Å². The fraction of sp³-hybridized carbons (Fsp3) is 0.310. The first-order valence-corrected chi connectivity index (χ1v) is 13.5. The van der Waals surface area contributed by atoms with Gasteiger partial charge < -0.3 is 14.4 Å². The number of hydrogen-bond acceptors (Lipinski definition) is 4. The van der Waals surface area contributed by atoms with E-state index in [1.807, 2.05) is 53.3 Å². The lowest BCUT2D eigenvalue weighted by molar-refractivity contribution is -0.124. The number of likely N-dealkylation sites (N-methyl/N-ethyl adjacent to an activating group) is 1. The molecule has 1 aliphatic heterocycles. The van der Waals surface area contributed by atoms with Crippen LogP contribution in [0.25, 0.3) is 16.8 Å². The molecule has 3 aromatic rings. The molecule has 0 aromatic heterocycles. The Balaban J connectivity index is 1.40. The molecule has 36 heavy (non-hydrogen) atoms. The highest BCUT2D eigenvalue weighted by Gasteiger charge is 2.40. The topological polar surface area (TPSA) is 42.0 Å². The summed E-state index contributed by atoms with van der Waals surface area (Å²) in [5.41, 5.74) is 2.51. The predicted octanol–water partition coefficient (Wildman–Crippen LogP) is 6.92. The van der Waals surface area contributed by atoms with Crippen LogP contribution in [0.15, 0.2) is 64.8 Å². The normalized spacial score (nSPS) is 17.9. The number of fused-ring (bicyclic) bond motifs is 1. The highest BCUT2D eigenvalue weighted by atomic mass is 79.9. The van der Waals surface area contributed by atoms with E-state index in [0.29, 0.717) is 28.9 Å². The molecule has 0 N–H and O–H groups in total. The summed E-state index contributed by atoms with van der Waals surface area (Å²) in [7, 11) is 3.49. The Morgan fingerprint density at radius 2 is 1.83 bits per heavy atom. The third kappa shape index (κ3) is 4.74. The number of thiocarbonyl (C=S) groups is 1. The molecule has 0 spiro atoms. The van der Waals surface area contributed by atoms with Gasteiger partial charge in [-0.15, -0.1) is 0 Å². The van der Waals surface area contributed by atoms with Crippen LogP contribution in [0.5, 0.6) is 11.5 Å². The minimum atomic E-state index is -0.0271. The minimum absolute atomic E-state index is 0.0271. The van der Waals surface area contributed by atoms with E-state index in [1.165, 1.54) is 11.8 Å². The lowest BCUT2D eigenvalue weighted by atomic mass is 9.94. The number of methoxy groups -OCH3 is 1. The summed E-state index contributed by atoms with van der Waals surface area (Å²) in [6.45, 7) is 0.405. The van der Waals surface area contributed by atoms with Crippen molar-refractivity contribution in [2.24, 2.45) is 0 Å². The molecule has 5 nitrogen and oxygen atoms in total. The second kappa shape index (κ2) is 10.6. The van der Waals surface area contributed by atoms with Crippen LogP contribution in [0.2, 0.25) is 0 Å². The van der Waals surface area contributed by atoms with Gasteiger partial charge in [0.15, 0.2) is 16.6 Å². The first kappa shape index (κ1) is 24.8. The Morgan fingerprint density at radius 3 is 2.61 bits per heavy atom. The molecule has 1 amide bonds. The summed E-state index contributed by atoms with van der Waals surface area (Å²) < 4.78 is 12.7. The molecule has 186 valence electrons. The highest BCUT2D eigenvalue weighted by Crippen LogP contribution is 2.39. The SMILES string of the molecule is COc1cc(/C=C2/C(=O)N(C3CCCCC3)C(=S)N2C)cc(Br)c1OCc1cccc2ccccc12. The molecule has 0 atom stereocenters. The number of rotatable bonds is 6. The molecule has 1 saturated carbocycles. The lowest BCUT2D eigenvalue weighted by Gasteiger charge is -2.30. The van der Waals surface area contributed by atoms with Crippen molar-refractivity contribution < 1.29 is 14.3 Å². The van der Waals surface area contributed by atoms with Crippen LogP contribution >= 0.6 is 28.1 Å². The molecule has 0 bridgehead atoms. The van der Waals surface area contributed by atoms with Crippen molar-refractivity contribution in [2.75, 3.05) is 14.2 Å². The van der Waals surface area contributed by atoms with Gasteiger partial charge >= 0.3 is 0 Å². The average Bonchev–Trinajstić information content (AvgIpc) is 3.11. The largest absolute Gasteiger partial charge is 0.493 e. The van der Waals surface area contributed by atoms with Gasteiger partial charge in [-0.2, -0.15) is 0 Å². The summed E-state index contributed by atoms with van der Waals surface area (Å²) in [6, 6.07) is 18.5. The van der Waals surface area contributed by atoms with Crippen LogP contribution in [-0.2, 0) is 11.4 Å². The summed E-state index contributed by atoms with van der Waals surface area (Å²) >= 11 is 9.32. The maximum Gasteiger partial charge on any atom is 0.277 e. The van der Waals surface area contributed by atoms with Crippen molar-refractivity contribution in [3.05, 3.63) is 75.9 Å². The van der Waals surface area contributed by atoms with E-state index >= 15 is 0 Å². The van der Waals surface area contributed by atoms with Crippen molar-refractivity contribution in [1.29, 1.82) is 0 Å². The Kier molecular flexibility index (Phi) is 7.30. The van der Waals surface area contributed by atoms with Gasteiger partial charge in [-0.05, 0) is 81.1 Å². The fourth-order valence-corrected chi connectivity index (χ4v) is 6.03. The quantitative estimate of drug-likeness (QED) is 0.240. The van der Waals surface area contributed by atoms with Crippen LogP contribution in [0.4, 0.5) is 0 Å². The number of nitrogens with zero attached hydrogens (tertiary/aromatic N) is 2. The van der Waals surface area contributed by atoms with E-state index in [-0.39, 0.29) is 11.9 Å². The van der Waals surface area contributed by atoms with E-state index in [4.69, 9.17) is 21.7 Å². The van der Waals surface area contributed by atoms with Gasteiger partial charge in [-0.25, -0.2) is 0 Å². The van der Waals surface area contributed by atoms with Gasteiger partial charge in [0.1, 0.15) is 12.3 Å². The molecular weight excluding hydrogens is 536 g/mol. The molecule has 1 heterocycles. The van der Waals surface area contributed by atoms with Gasteiger partial charge in [-0.3, -0.25) is 9.69 Å². The smallest absolute Gasteiger partial charge is 0.277 e. The van der Waals surface area contributed by atoms with Crippen LogP contribution in [-0.4, -0.2) is 41.0 Å². The lowest BCUT2D eigenvalue weighted by Crippen LogP contribution is -2.41. The van der Waals surface area contributed by atoms with Crippen LogP contribution in [0, 0.1) is 0 Å². The third-order valence-electron chi connectivity index (χ3n) is 7.04. The van der Waals surface area contributed by atoms with Crippen molar-refractivity contribution in [1.82, 2.24) is 9.80 Å². The summed E-state index contributed by atoms with van der Waals surface area (Å²) in [4.78, 5) is 17.0. The molecule has 0 radical (unpaired) electrons. The van der Waals surface area contributed by atoms with Crippen LogP contribution < -0.4 is 9.47 Å². The van der Waals surface area contributed by atoms with Gasteiger partial charge in [0.25, 0.3) is 5.91 Å². The molecule has 3 aromatic carbocycles. The van der Waals surface area contributed by atoms with Crippen molar-refractivity contribution >= 4 is 56.0 Å². The van der Waals surface area contributed by atoms with E-state index < -0.39 is 0 Å². The highest BCUT2D eigenvalue weighted by molar-refractivity contribution is 9.10. The second-order valence-corrected chi connectivity index (χ2v) is 10.5. The zero-order valence-corrected chi connectivity index (χ0v) is 22.9. The number of ether oxygens (including phenoxy) is 2. The van der Waals surface area contributed by atoms with Gasteiger partial charge in [0, 0.05) is 13.1 Å². The molecule has 2 fully saturated rings. The Hall–Kier alpha value is -2.90. The minimum Gasteiger partial charge on any atom is -0.493 e. The van der Waals surface area contributed by atoms with Crippen molar-refractivity contribution in [3.63, 3.8) is 0 Å². The second-order valence-electron chi connectivity index (χ2n) is 9.30. The summed E-state index contributed by atoms with van der Waals surface area (Å²) in [6.07, 6.45) is 7.41. The first-order chi connectivity index (χ1) is 17.5. The average molecular weight is 566 g/mol. The van der Waals surface area contributed by atoms with E-state index in [9.17, 15) is 4.79 Å². The molecule has 1 saturated heterocycles. The maximum atomic E-state index is 13.4. The first-order valence-electron chi connectivity index (χ1n) is 12.3.